The van der Waals surface area contributed by atoms with Crippen molar-refractivity contribution in [2.24, 2.45) is 4.99 Å². The van der Waals surface area contributed by atoms with Crippen molar-refractivity contribution in [3.05, 3.63) is 29.8 Å². The topological polar surface area (TPSA) is 78.0 Å². The first kappa shape index (κ1) is 26.5. The van der Waals surface area contributed by atoms with E-state index in [0.717, 1.165) is 31.3 Å². The van der Waals surface area contributed by atoms with Gasteiger partial charge in [0, 0.05) is 25.6 Å². The van der Waals surface area contributed by atoms with Crippen molar-refractivity contribution < 1.29 is 9.53 Å². The molecular weight excluding hydrogens is 493 g/mol. The predicted molar refractivity (Wildman–Crippen MR) is 134 cm³/mol. The number of amides is 1. The molecule has 0 spiro atoms. The van der Waals surface area contributed by atoms with E-state index >= 15 is 0 Å². The molecule has 7 nitrogen and oxygen atoms in total. The molecular formula is C22H38IN5O2. The van der Waals surface area contributed by atoms with E-state index in [2.05, 4.69) is 33.0 Å². The van der Waals surface area contributed by atoms with Crippen LogP contribution in [0.2, 0.25) is 0 Å². The fourth-order valence-electron chi connectivity index (χ4n) is 3.54. The lowest BCUT2D eigenvalue weighted by Crippen LogP contribution is -2.40. The van der Waals surface area contributed by atoms with Gasteiger partial charge in [-0.25, -0.2) is 0 Å². The van der Waals surface area contributed by atoms with Gasteiger partial charge in [-0.05, 0) is 64.4 Å². The fraction of sp³-hybridized carbons (Fsp3) is 0.636. The number of guanidine groups is 1. The zero-order valence-electron chi connectivity index (χ0n) is 18.7. The van der Waals surface area contributed by atoms with Crippen LogP contribution in [0.25, 0.3) is 0 Å². The van der Waals surface area contributed by atoms with Gasteiger partial charge < -0.3 is 20.7 Å². The first-order valence-electron chi connectivity index (χ1n) is 10.7. The molecule has 0 saturated carbocycles. The molecule has 1 aromatic rings. The summed E-state index contributed by atoms with van der Waals surface area (Å²) in [4.78, 5) is 19.2. The summed E-state index contributed by atoms with van der Waals surface area (Å²) in [5.41, 5.74) is 1.22. The first-order valence-corrected chi connectivity index (χ1v) is 10.7. The number of nitrogens with one attached hydrogen (secondary N) is 3. The van der Waals surface area contributed by atoms with Gasteiger partial charge in [0.1, 0.15) is 5.75 Å². The average molecular weight is 531 g/mol. The Balaban J connectivity index is 0.00000450. The van der Waals surface area contributed by atoms with E-state index in [4.69, 9.17) is 9.73 Å². The van der Waals surface area contributed by atoms with Gasteiger partial charge in [0.05, 0.1) is 19.7 Å². The number of benzene rings is 1. The van der Waals surface area contributed by atoms with Crippen molar-refractivity contribution in [2.75, 3.05) is 39.8 Å². The summed E-state index contributed by atoms with van der Waals surface area (Å²) in [7, 11) is 1.70. The van der Waals surface area contributed by atoms with Crippen molar-refractivity contribution in [2.45, 2.75) is 52.1 Å². The minimum Gasteiger partial charge on any atom is -0.497 e. The Labute approximate surface area is 198 Å². The number of hydrogen-bond acceptors (Lipinski definition) is 4. The molecule has 170 valence electrons. The van der Waals surface area contributed by atoms with E-state index in [-0.39, 0.29) is 42.0 Å². The first-order chi connectivity index (χ1) is 14.0. The molecule has 2 rings (SSSR count). The highest BCUT2D eigenvalue weighted by molar-refractivity contribution is 14.0. The second-order valence-corrected chi connectivity index (χ2v) is 7.65. The van der Waals surface area contributed by atoms with Crippen LogP contribution in [0.1, 0.15) is 51.6 Å². The molecule has 8 heteroatoms. The minimum atomic E-state index is 0. The lowest BCUT2D eigenvalue weighted by atomic mass is 10.1. The highest BCUT2D eigenvalue weighted by atomic mass is 127. The van der Waals surface area contributed by atoms with Gasteiger partial charge in [0.15, 0.2) is 5.96 Å². The third-order valence-electron chi connectivity index (χ3n) is 4.92. The molecule has 1 heterocycles. The van der Waals surface area contributed by atoms with Crippen LogP contribution in [-0.2, 0) is 4.79 Å². The van der Waals surface area contributed by atoms with E-state index < -0.39 is 0 Å². The number of likely N-dealkylation sites (tertiary alicyclic amines) is 1. The number of hydrogen-bond donors (Lipinski definition) is 3. The lowest BCUT2D eigenvalue weighted by Gasteiger charge is -2.27. The van der Waals surface area contributed by atoms with Crippen molar-refractivity contribution in [3.63, 3.8) is 0 Å². The SMILES string of the molecule is CCNC(=NCC(c1cccc(OC)c1)N1CCCC1)NCCC(=O)NC(C)C.I. The molecule has 0 radical (unpaired) electrons. The molecule has 30 heavy (non-hydrogen) atoms. The van der Waals surface area contributed by atoms with Crippen LogP contribution in [0.3, 0.4) is 0 Å². The molecule has 1 amide bonds. The number of halogens is 1. The summed E-state index contributed by atoms with van der Waals surface area (Å²) in [5, 5.41) is 9.47. The van der Waals surface area contributed by atoms with Gasteiger partial charge in [0.25, 0.3) is 0 Å². The number of methoxy groups -OCH3 is 1. The molecule has 0 aliphatic carbocycles. The molecule has 3 N–H and O–H groups in total. The summed E-state index contributed by atoms with van der Waals surface area (Å²) in [6.07, 6.45) is 2.88. The van der Waals surface area contributed by atoms with Gasteiger partial charge in [0.2, 0.25) is 5.91 Å². The Hall–Kier alpha value is -1.55. The molecule has 1 aliphatic heterocycles. The van der Waals surface area contributed by atoms with Crippen molar-refractivity contribution in [3.8, 4) is 5.75 Å². The van der Waals surface area contributed by atoms with Crippen molar-refractivity contribution in [1.82, 2.24) is 20.9 Å². The second kappa shape index (κ2) is 14.5. The molecule has 1 aliphatic rings. The highest BCUT2D eigenvalue weighted by Crippen LogP contribution is 2.27. The maximum absolute atomic E-state index is 11.8. The van der Waals surface area contributed by atoms with Crippen molar-refractivity contribution >= 4 is 35.8 Å². The quantitative estimate of drug-likeness (QED) is 0.246. The lowest BCUT2D eigenvalue weighted by molar-refractivity contribution is -0.121. The summed E-state index contributed by atoms with van der Waals surface area (Å²) in [6, 6.07) is 8.65. The van der Waals surface area contributed by atoms with Crippen LogP contribution in [0.15, 0.2) is 29.3 Å². The van der Waals surface area contributed by atoms with Gasteiger partial charge in [-0.15, -0.1) is 24.0 Å². The molecule has 1 saturated heterocycles. The second-order valence-electron chi connectivity index (χ2n) is 7.65. The smallest absolute Gasteiger partial charge is 0.221 e. The summed E-state index contributed by atoms with van der Waals surface area (Å²) in [5.74, 6) is 1.67. The number of nitrogens with zero attached hydrogens (tertiary/aromatic N) is 2. The summed E-state index contributed by atoms with van der Waals surface area (Å²) >= 11 is 0. The van der Waals surface area contributed by atoms with Crippen LogP contribution in [0, 0.1) is 0 Å². The molecule has 1 aromatic carbocycles. The number of ether oxygens (including phenoxy) is 1. The molecule has 1 atom stereocenters. The van der Waals surface area contributed by atoms with E-state index in [1.807, 2.05) is 32.9 Å². The highest BCUT2D eigenvalue weighted by Gasteiger charge is 2.23. The Morgan fingerprint density at radius 1 is 1.23 bits per heavy atom. The molecule has 1 fully saturated rings. The van der Waals surface area contributed by atoms with E-state index in [0.29, 0.717) is 19.5 Å². The largest absolute Gasteiger partial charge is 0.497 e. The maximum Gasteiger partial charge on any atom is 0.221 e. The monoisotopic (exact) mass is 531 g/mol. The normalized spacial score (nSPS) is 15.4. The number of carbonyl (C=O) groups excluding carboxylic acids is 1. The van der Waals surface area contributed by atoms with E-state index in [9.17, 15) is 4.79 Å². The van der Waals surface area contributed by atoms with Crippen LogP contribution < -0.4 is 20.7 Å². The zero-order valence-corrected chi connectivity index (χ0v) is 21.1. The minimum absolute atomic E-state index is 0. The predicted octanol–water partition coefficient (Wildman–Crippen LogP) is 2.92. The van der Waals surface area contributed by atoms with E-state index in [1.165, 1.54) is 18.4 Å². The van der Waals surface area contributed by atoms with E-state index in [1.54, 1.807) is 7.11 Å². The Bertz CT molecular complexity index is 663. The standard InChI is InChI=1S/C22H37N5O2.HI/c1-5-23-22(24-12-11-21(28)26-17(2)3)25-16-20(27-13-6-7-14-27)18-9-8-10-19(15-18)29-4;/h8-10,15,17,20H,5-7,11-14,16H2,1-4H3,(H,26,28)(H2,23,24,25);1H. The molecule has 0 bridgehead atoms. The van der Waals surface area contributed by atoms with Crippen LogP contribution in [0.5, 0.6) is 5.75 Å². The van der Waals surface area contributed by atoms with Gasteiger partial charge in [-0.2, -0.15) is 0 Å². The summed E-state index contributed by atoms with van der Waals surface area (Å²) in [6.45, 7) is 10.1. The molecule has 0 aromatic heterocycles. The van der Waals surface area contributed by atoms with Crippen LogP contribution in [0.4, 0.5) is 0 Å². The third kappa shape index (κ3) is 9.07. The summed E-state index contributed by atoms with van der Waals surface area (Å²) < 4.78 is 5.42. The Morgan fingerprint density at radius 3 is 2.60 bits per heavy atom. The Morgan fingerprint density at radius 2 is 1.97 bits per heavy atom. The third-order valence-corrected chi connectivity index (χ3v) is 4.92. The van der Waals surface area contributed by atoms with Crippen molar-refractivity contribution in [1.29, 1.82) is 0 Å². The van der Waals surface area contributed by atoms with Crippen LogP contribution >= 0.6 is 24.0 Å². The fourth-order valence-corrected chi connectivity index (χ4v) is 3.54. The van der Waals surface area contributed by atoms with Gasteiger partial charge >= 0.3 is 0 Å². The number of rotatable bonds is 10. The Kier molecular flexibility index (Phi) is 12.8. The van der Waals surface area contributed by atoms with Crippen LogP contribution in [-0.4, -0.2) is 62.6 Å². The van der Waals surface area contributed by atoms with Gasteiger partial charge in [-0.1, -0.05) is 12.1 Å². The zero-order chi connectivity index (χ0) is 21.1. The average Bonchev–Trinajstić information content (AvgIpc) is 3.22. The molecule has 1 unspecified atom stereocenters. The number of carbonyl (C=O) groups is 1. The number of aliphatic imine (C=N–C) groups is 1. The maximum atomic E-state index is 11.8. The van der Waals surface area contributed by atoms with Gasteiger partial charge in [-0.3, -0.25) is 14.7 Å².